The van der Waals surface area contributed by atoms with Gasteiger partial charge in [-0.1, -0.05) is 84.4 Å². The molecule has 4 aromatic rings. The van der Waals surface area contributed by atoms with Crippen molar-refractivity contribution >= 4 is 40.0 Å². The molecule has 4 nitrogen and oxygen atoms in total. The van der Waals surface area contributed by atoms with Gasteiger partial charge in [-0.3, -0.25) is 4.79 Å². The van der Waals surface area contributed by atoms with E-state index >= 15 is 0 Å². The first-order valence-corrected chi connectivity index (χ1v) is 10.8. The Labute approximate surface area is 197 Å². The van der Waals surface area contributed by atoms with E-state index in [1.165, 1.54) is 6.08 Å². The summed E-state index contributed by atoms with van der Waals surface area (Å²) in [4.78, 5) is 12.8. The Morgan fingerprint density at radius 3 is 2.55 bits per heavy atom. The Morgan fingerprint density at radius 1 is 1.00 bits per heavy atom. The maximum Gasteiger partial charge on any atom is 0.266 e. The summed E-state index contributed by atoms with van der Waals surface area (Å²) in [5.74, 6) is 0.0532. The number of halogens is 1. The average Bonchev–Trinajstić information content (AvgIpc) is 2.84. The van der Waals surface area contributed by atoms with Gasteiger partial charge in [0.15, 0.2) is 0 Å². The molecule has 0 saturated carbocycles. The Morgan fingerprint density at radius 2 is 1.73 bits per heavy atom. The lowest BCUT2D eigenvalue weighted by Gasteiger charge is -2.12. The Balaban J connectivity index is 1.58. The number of amides is 1. The molecular weight excluding hydrogens is 432 g/mol. The van der Waals surface area contributed by atoms with Crippen molar-refractivity contribution in [2.75, 3.05) is 5.32 Å². The van der Waals surface area contributed by atoms with Crippen LogP contribution in [0.2, 0.25) is 5.02 Å². The van der Waals surface area contributed by atoms with E-state index < -0.39 is 5.91 Å². The lowest BCUT2D eigenvalue weighted by molar-refractivity contribution is -0.112. The van der Waals surface area contributed by atoms with Gasteiger partial charge in [0.05, 0.1) is 10.7 Å². The molecule has 0 aliphatic heterocycles. The summed E-state index contributed by atoms with van der Waals surface area (Å²) in [5, 5.41) is 15.1. The van der Waals surface area contributed by atoms with Crippen LogP contribution in [0.5, 0.6) is 5.75 Å². The molecule has 162 valence electrons. The molecule has 0 atom stereocenters. The van der Waals surface area contributed by atoms with Gasteiger partial charge < -0.3 is 10.1 Å². The van der Waals surface area contributed by atoms with Gasteiger partial charge in [-0.25, -0.2) is 0 Å². The molecule has 33 heavy (non-hydrogen) atoms. The Bertz CT molecular complexity index is 1380. The molecule has 0 spiro atoms. The molecule has 1 amide bonds. The molecule has 0 fully saturated rings. The highest BCUT2D eigenvalue weighted by atomic mass is 35.5. The zero-order chi connectivity index (χ0) is 23.2. The van der Waals surface area contributed by atoms with Crippen LogP contribution < -0.4 is 10.1 Å². The van der Waals surface area contributed by atoms with Gasteiger partial charge in [-0.15, -0.1) is 0 Å². The van der Waals surface area contributed by atoms with E-state index in [1.54, 1.807) is 12.1 Å². The highest BCUT2D eigenvalue weighted by Crippen LogP contribution is 2.27. The van der Waals surface area contributed by atoms with Crippen molar-refractivity contribution in [2.24, 2.45) is 0 Å². The first kappa shape index (κ1) is 22.1. The average molecular weight is 453 g/mol. The summed E-state index contributed by atoms with van der Waals surface area (Å²) in [5.41, 5.74) is 2.95. The van der Waals surface area contributed by atoms with Crippen molar-refractivity contribution in [2.45, 2.75) is 13.5 Å². The summed E-state index contributed by atoms with van der Waals surface area (Å²) in [7, 11) is 0. The molecule has 0 saturated heterocycles. The van der Waals surface area contributed by atoms with Crippen LogP contribution in [0.1, 0.15) is 16.7 Å². The molecule has 0 unspecified atom stereocenters. The minimum atomic E-state index is -0.530. The Hall–Kier alpha value is -4.07. The maximum absolute atomic E-state index is 12.8. The summed E-state index contributed by atoms with van der Waals surface area (Å²) in [6.07, 6.45) is 1.53. The molecule has 0 aliphatic rings. The number of carbonyl (C=O) groups excluding carboxylic acids is 1. The van der Waals surface area contributed by atoms with Crippen LogP contribution >= 0.6 is 11.6 Å². The molecular formula is C28H21ClN2O2. The van der Waals surface area contributed by atoms with Crippen molar-refractivity contribution in [3.8, 4) is 11.8 Å². The third-order valence-electron chi connectivity index (χ3n) is 5.31. The van der Waals surface area contributed by atoms with E-state index in [9.17, 15) is 10.1 Å². The lowest BCUT2D eigenvalue weighted by Crippen LogP contribution is -2.14. The van der Waals surface area contributed by atoms with Crippen molar-refractivity contribution in [3.63, 3.8) is 0 Å². The van der Waals surface area contributed by atoms with Crippen molar-refractivity contribution in [1.82, 2.24) is 0 Å². The number of benzene rings is 4. The molecule has 0 aliphatic carbocycles. The van der Waals surface area contributed by atoms with Gasteiger partial charge in [0.1, 0.15) is 24.0 Å². The summed E-state index contributed by atoms with van der Waals surface area (Å²) in [6.45, 7) is 2.20. The molecule has 4 aromatic carbocycles. The standard InChI is InChI=1S/C28H21ClN2O2/c1-19-8-6-14-25(29)27(19)31-28(32)23(17-30)16-21-10-3-5-15-26(21)33-18-22-12-7-11-20-9-2-4-13-24(20)22/h2-16H,18H2,1H3,(H,31,32)/b23-16+. The molecule has 0 heterocycles. The van der Waals surface area contributed by atoms with Crippen LogP contribution in [0.25, 0.3) is 16.8 Å². The number of ether oxygens (including phenoxy) is 1. The number of nitriles is 1. The van der Waals surface area contributed by atoms with Crippen molar-refractivity contribution in [1.29, 1.82) is 5.26 Å². The van der Waals surface area contributed by atoms with E-state index in [1.807, 2.05) is 67.6 Å². The molecule has 1 N–H and O–H groups in total. The third-order valence-corrected chi connectivity index (χ3v) is 5.62. The topological polar surface area (TPSA) is 62.1 Å². The minimum absolute atomic E-state index is 0.0458. The highest BCUT2D eigenvalue weighted by Gasteiger charge is 2.14. The van der Waals surface area contributed by atoms with Gasteiger partial charge in [0.2, 0.25) is 0 Å². The predicted molar refractivity (Wildman–Crippen MR) is 133 cm³/mol. The van der Waals surface area contributed by atoms with Crippen molar-refractivity contribution in [3.05, 3.63) is 112 Å². The second-order valence-electron chi connectivity index (χ2n) is 7.52. The number of para-hydroxylation sites is 2. The number of nitrogens with one attached hydrogen (secondary N) is 1. The summed E-state index contributed by atoms with van der Waals surface area (Å²) >= 11 is 6.21. The fraction of sp³-hybridized carbons (Fsp3) is 0.0714. The van der Waals surface area contributed by atoms with E-state index in [-0.39, 0.29) is 5.57 Å². The fourth-order valence-electron chi connectivity index (χ4n) is 3.58. The monoisotopic (exact) mass is 452 g/mol. The number of rotatable bonds is 6. The normalized spacial score (nSPS) is 11.1. The SMILES string of the molecule is Cc1cccc(Cl)c1NC(=O)/C(C#N)=C/c1ccccc1OCc1cccc2ccccc12. The number of fused-ring (bicyclic) bond motifs is 1. The van der Waals surface area contributed by atoms with E-state index in [0.29, 0.717) is 28.6 Å². The molecule has 0 aromatic heterocycles. The number of hydrogen-bond donors (Lipinski definition) is 1. The molecule has 0 radical (unpaired) electrons. The highest BCUT2D eigenvalue weighted by molar-refractivity contribution is 6.34. The first-order chi connectivity index (χ1) is 16.1. The number of aryl methyl sites for hydroxylation is 1. The number of hydrogen-bond acceptors (Lipinski definition) is 3. The number of nitrogens with zero attached hydrogens (tertiary/aromatic N) is 1. The van der Waals surface area contributed by atoms with Gasteiger partial charge in [-0.05, 0) is 47.0 Å². The lowest BCUT2D eigenvalue weighted by atomic mass is 10.1. The van der Waals surface area contributed by atoms with E-state index in [4.69, 9.17) is 16.3 Å². The third kappa shape index (κ3) is 5.06. The van der Waals surface area contributed by atoms with Gasteiger partial charge in [0.25, 0.3) is 5.91 Å². The van der Waals surface area contributed by atoms with Crippen molar-refractivity contribution < 1.29 is 9.53 Å². The van der Waals surface area contributed by atoms with Crippen LogP contribution in [0.4, 0.5) is 5.69 Å². The zero-order valence-electron chi connectivity index (χ0n) is 18.0. The number of anilines is 1. The van der Waals surface area contributed by atoms with Gasteiger partial charge >= 0.3 is 0 Å². The summed E-state index contributed by atoms with van der Waals surface area (Å²) in [6, 6.07) is 28.9. The van der Waals surface area contributed by atoms with Crippen LogP contribution in [0, 0.1) is 18.3 Å². The van der Waals surface area contributed by atoms with Crippen LogP contribution in [0.15, 0.2) is 90.5 Å². The second kappa shape index (κ2) is 10.0. The first-order valence-electron chi connectivity index (χ1n) is 10.4. The second-order valence-corrected chi connectivity index (χ2v) is 7.93. The summed E-state index contributed by atoms with van der Waals surface area (Å²) < 4.78 is 6.11. The van der Waals surface area contributed by atoms with E-state index in [2.05, 4.69) is 23.5 Å². The predicted octanol–water partition coefficient (Wildman–Crippen LogP) is 6.93. The zero-order valence-corrected chi connectivity index (χ0v) is 18.8. The largest absolute Gasteiger partial charge is 0.488 e. The smallest absolute Gasteiger partial charge is 0.266 e. The van der Waals surface area contributed by atoms with E-state index in [0.717, 1.165) is 21.9 Å². The van der Waals surface area contributed by atoms with Crippen LogP contribution in [-0.4, -0.2) is 5.91 Å². The van der Waals surface area contributed by atoms with Gasteiger partial charge in [-0.2, -0.15) is 5.26 Å². The van der Waals surface area contributed by atoms with Crippen LogP contribution in [0.3, 0.4) is 0 Å². The van der Waals surface area contributed by atoms with Gasteiger partial charge in [0, 0.05) is 5.56 Å². The molecule has 4 rings (SSSR count). The Kier molecular flexibility index (Phi) is 6.73. The molecule has 5 heteroatoms. The number of carbonyl (C=O) groups is 1. The molecule has 0 bridgehead atoms. The van der Waals surface area contributed by atoms with Crippen LogP contribution in [-0.2, 0) is 11.4 Å². The fourth-order valence-corrected chi connectivity index (χ4v) is 3.85. The maximum atomic E-state index is 12.8. The quantitative estimate of drug-likeness (QED) is 0.255. The minimum Gasteiger partial charge on any atom is -0.488 e.